The molecule has 0 fully saturated rings. The van der Waals surface area contributed by atoms with Crippen LogP contribution in [0, 0.1) is 0 Å². The van der Waals surface area contributed by atoms with Crippen molar-refractivity contribution >= 4 is 11.8 Å². The first-order valence-corrected chi connectivity index (χ1v) is 5.54. The predicted molar refractivity (Wildman–Crippen MR) is 55.4 cm³/mol. The van der Waals surface area contributed by atoms with E-state index >= 15 is 0 Å². The van der Waals surface area contributed by atoms with Crippen molar-refractivity contribution in [2.24, 2.45) is 0 Å². The van der Waals surface area contributed by atoms with Gasteiger partial charge in [0.25, 0.3) is 0 Å². The van der Waals surface area contributed by atoms with Crippen LogP contribution in [0.25, 0.3) is 0 Å². The molecule has 0 aliphatic carbocycles. The summed E-state index contributed by atoms with van der Waals surface area (Å²) in [6, 6.07) is 0. The van der Waals surface area contributed by atoms with Crippen molar-refractivity contribution in [2.75, 3.05) is 18.1 Å². The van der Waals surface area contributed by atoms with Gasteiger partial charge in [-0.05, 0) is 45.2 Å². The monoisotopic (exact) mass is 175 g/mol. The molecule has 0 unspecified atom stereocenters. The molecule has 2 heteroatoms. The number of nitrogens with one attached hydrogen (secondary N) is 1. The van der Waals surface area contributed by atoms with Gasteiger partial charge in [-0.3, -0.25) is 0 Å². The summed E-state index contributed by atoms with van der Waals surface area (Å²) in [5.74, 6) is 2.54. The van der Waals surface area contributed by atoms with Crippen LogP contribution in [0.1, 0.15) is 34.1 Å². The van der Waals surface area contributed by atoms with E-state index in [9.17, 15) is 0 Å². The van der Waals surface area contributed by atoms with E-state index in [1.54, 1.807) is 0 Å². The normalized spacial score (nSPS) is 12.0. The molecule has 68 valence electrons. The van der Waals surface area contributed by atoms with Crippen molar-refractivity contribution in [1.82, 2.24) is 5.32 Å². The van der Waals surface area contributed by atoms with Gasteiger partial charge in [0.1, 0.15) is 0 Å². The fourth-order valence-electron chi connectivity index (χ4n) is 0.782. The molecule has 0 rings (SSSR count). The van der Waals surface area contributed by atoms with Crippen LogP contribution in [0.2, 0.25) is 0 Å². The van der Waals surface area contributed by atoms with Gasteiger partial charge in [0.15, 0.2) is 0 Å². The molecule has 0 aliphatic heterocycles. The molecule has 0 aromatic carbocycles. The maximum absolute atomic E-state index is 3.47. The Kier molecular flexibility index (Phi) is 6.06. The van der Waals surface area contributed by atoms with E-state index in [1.807, 2.05) is 11.8 Å². The Bertz CT molecular complexity index is 86.1. The third kappa shape index (κ3) is 10.3. The molecule has 0 amide bonds. The Morgan fingerprint density at radius 1 is 1.27 bits per heavy atom. The van der Waals surface area contributed by atoms with E-state index in [0.717, 1.165) is 6.54 Å². The lowest BCUT2D eigenvalue weighted by Crippen LogP contribution is -2.36. The van der Waals surface area contributed by atoms with Crippen molar-refractivity contribution < 1.29 is 0 Å². The molecule has 0 saturated carbocycles. The Morgan fingerprint density at radius 2 is 1.91 bits per heavy atom. The standard InChI is InChI=1S/C9H21NS/c1-5-11-8-6-7-10-9(2,3)4/h10H,5-8H2,1-4H3. The van der Waals surface area contributed by atoms with Crippen LogP contribution in [-0.4, -0.2) is 23.6 Å². The molecule has 0 aliphatic rings. The van der Waals surface area contributed by atoms with Crippen LogP contribution >= 0.6 is 11.8 Å². The van der Waals surface area contributed by atoms with E-state index in [2.05, 4.69) is 33.0 Å². The molecule has 0 bridgehead atoms. The number of rotatable bonds is 5. The summed E-state index contributed by atoms with van der Waals surface area (Å²) >= 11 is 2.02. The maximum Gasteiger partial charge on any atom is 0.00965 e. The van der Waals surface area contributed by atoms with Gasteiger partial charge in [-0.1, -0.05) is 6.92 Å². The molecular weight excluding hydrogens is 154 g/mol. The van der Waals surface area contributed by atoms with Gasteiger partial charge in [-0.2, -0.15) is 11.8 Å². The summed E-state index contributed by atoms with van der Waals surface area (Å²) < 4.78 is 0. The van der Waals surface area contributed by atoms with Crippen LogP contribution in [0.4, 0.5) is 0 Å². The largest absolute Gasteiger partial charge is 0.312 e. The molecule has 0 heterocycles. The van der Waals surface area contributed by atoms with Crippen molar-refractivity contribution in [3.8, 4) is 0 Å². The second-order valence-corrected chi connectivity index (χ2v) is 5.12. The average molecular weight is 175 g/mol. The molecule has 0 aromatic heterocycles. The lowest BCUT2D eigenvalue weighted by Gasteiger charge is -2.20. The maximum atomic E-state index is 3.47. The molecule has 0 aromatic rings. The summed E-state index contributed by atoms with van der Waals surface area (Å²) in [5.41, 5.74) is 0.289. The summed E-state index contributed by atoms with van der Waals surface area (Å²) in [6.45, 7) is 9.98. The first-order valence-electron chi connectivity index (χ1n) is 4.39. The van der Waals surface area contributed by atoms with Crippen molar-refractivity contribution in [3.63, 3.8) is 0 Å². The quantitative estimate of drug-likeness (QED) is 0.644. The van der Waals surface area contributed by atoms with Gasteiger partial charge >= 0.3 is 0 Å². The minimum absolute atomic E-state index is 0.289. The fourth-order valence-corrected chi connectivity index (χ4v) is 1.42. The average Bonchev–Trinajstić information content (AvgIpc) is 1.85. The number of hydrogen-bond donors (Lipinski definition) is 1. The van der Waals surface area contributed by atoms with Gasteiger partial charge in [0.2, 0.25) is 0 Å². The molecule has 11 heavy (non-hydrogen) atoms. The van der Waals surface area contributed by atoms with Gasteiger partial charge in [-0.25, -0.2) is 0 Å². The lowest BCUT2D eigenvalue weighted by molar-refractivity contribution is 0.427. The smallest absolute Gasteiger partial charge is 0.00965 e. The minimum atomic E-state index is 0.289. The van der Waals surface area contributed by atoms with Gasteiger partial charge in [-0.15, -0.1) is 0 Å². The minimum Gasteiger partial charge on any atom is -0.312 e. The summed E-state index contributed by atoms with van der Waals surface area (Å²) in [7, 11) is 0. The number of thioether (sulfide) groups is 1. The SMILES string of the molecule is CCSCCCNC(C)(C)C. The van der Waals surface area contributed by atoms with Crippen molar-refractivity contribution in [2.45, 2.75) is 39.7 Å². The van der Waals surface area contributed by atoms with E-state index < -0.39 is 0 Å². The van der Waals surface area contributed by atoms with E-state index in [0.29, 0.717) is 0 Å². The molecule has 1 nitrogen and oxygen atoms in total. The van der Waals surface area contributed by atoms with Crippen molar-refractivity contribution in [3.05, 3.63) is 0 Å². The summed E-state index contributed by atoms with van der Waals surface area (Å²) in [6.07, 6.45) is 1.29. The second kappa shape index (κ2) is 5.90. The third-order valence-corrected chi connectivity index (χ3v) is 2.31. The summed E-state index contributed by atoms with van der Waals surface area (Å²) in [4.78, 5) is 0. The first-order chi connectivity index (χ1) is 5.06. The van der Waals surface area contributed by atoms with E-state index in [4.69, 9.17) is 0 Å². The Labute approximate surface area is 75.3 Å². The third-order valence-electron chi connectivity index (χ3n) is 1.32. The Morgan fingerprint density at radius 3 is 2.36 bits per heavy atom. The highest BCUT2D eigenvalue weighted by molar-refractivity contribution is 7.99. The first kappa shape index (κ1) is 11.3. The predicted octanol–water partition coefficient (Wildman–Crippen LogP) is 2.52. The molecule has 1 N–H and O–H groups in total. The van der Waals surface area contributed by atoms with Crippen LogP contribution in [-0.2, 0) is 0 Å². The topological polar surface area (TPSA) is 12.0 Å². The van der Waals surface area contributed by atoms with Crippen LogP contribution < -0.4 is 5.32 Å². The van der Waals surface area contributed by atoms with Crippen LogP contribution in [0.3, 0.4) is 0 Å². The number of hydrogen-bond acceptors (Lipinski definition) is 2. The van der Waals surface area contributed by atoms with Crippen LogP contribution in [0.15, 0.2) is 0 Å². The molecular formula is C9H21NS. The highest BCUT2D eigenvalue weighted by Crippen LogP contribution is 2.02. The second-order valence-electron chi connectivity index (χ2n) is 3.73. The van der Waals surface area contributed by atoms with Gasteiger partial charge in [0.05, 0.1) is 0 Å². The zero-order chi connectivity index (χ0) is 8.74. The van der Waals surface area contributed by atoms with Crippen LogP contribution in [0.5, 0.6) is 0 Å². The lowest BCUT2D eigenvalue weighted by atomic mass is 10.1. The zero-order valence-electron chi connectivity index (χ0n) is 8.24. The van der Waals surface area contributed by atoms with Crippen molar-refractivity contribution in [1.29, 1.82) is 0 Å². The highest BCUT2D eigenvalue weighted by Gasteiger charge is 2.06. The molecule has 0 atom stereocenters. The van der Waals surface area contributed by atoms with Gasteiger partial charge < -0.3 is 5.32 Å². The molecule has 0 radical (unpaired) electrons. The fraction of sp³-hybridized carbons (Fsp3) is 1.00. The summed E-state index contributed by atoms with van der Waals surface area (Å²) in [5, 5.41) is 3.47. The van der Waals surface area contributed by atoms with E-state index in [1.165, 1.54) is 17.9 Å². The zero-order valence-corrected chi connectivity index (χ0v) is 9.05. The van der Waals surface area contributed by atoms with Gasteiger partial charge in [0, 0.05) is 5.54 Å². The molecule has 0 saturated heterocycles. The van der Waals surface area contributed by atoms with E-state index in [-0.39, 0.29) is 5.54 Å². The molecule has 0 spiro atoms. The highest BCUT2D eigenvalue weighted by atomic mass is 32.2. The Hall–Kier alpha value is 0.310. The Balaban J connectivity index is 3.02.